The molecule has 0 heterocycles. The highest BCUT2D eigenvalue weighted by atomic mass is 28.3. The minimum atomic E-state index is -1.61. The lowest BCUT2D eigenvalue weighted by Crippen LogP contribution is -2.38. The Kier molecular flexibility index (Phi) is 14.7. The summed E-state index contributed by atoms with van der Waals surface area (Å²) in [6.45, 7) is 28.7. The first-order valence-electron chi connectivity index (χ1n) is 29.8. The standard InChI is InChI=1S/C76H76F2N2Si4/c1-81(2,3)63-33-19-51(20-34-63)57-31-45-73(69(47-57)53-23-37-65(38-24-53)83(7,8)9)79(61-17-13-15-59(77)49-61)71-43-29-55-28-42-68-72(44-30-56-27-41-67(71)75(55)76(56)68)80(62-18-14-16-60(78)50-62)74-46-32-58(52-21-35-64(36-22-52)82(4,5)6)48-70(74)54-25-39-66(40-26-54)84(10,11)12/h13-50,71,76H,1-12H3. The fraction of sp³-hybridized carbons (Fsp3) is 0.184. The SMILES string of the molecule is C[Si](C)(C)c1ccc(-c2ccc(N(C3=C4C=CC5=C6C(=CC=C(C=C3)C46)C(N(c3cccc(F)c3)c3ccc(-c4ccc([Si](C)(C)C)cc4)cc3-c3ccc([Si](C)(C)C)cc3)C=C5)c3cccc(F)c3)c(-c3ccc([Si](C)(C)C)cc3)c2)cc1. The first-order valence-corrected chi connectivity index (χ1v) is 43.8. The Morgan fingerprint density at radius 3 is 1.31 bits per heavy atom. The Bertz CT molecular complexity index is 4110. The van der Waals surface area contributed by atoms with Gasteiger partial charge in [-0.3, -0.25) is 0 Å². The van der Waals surface area contributed by atoms with Crippen LogP contribution >= 0.6 is 0 Å². The Morgan fingerprint density at radius 1 is 0.381 bits per heavy atom. The van der Waals surface area contributed by atoms with Gasteiger partial charge in [-0.25, -0.2) is 8.78 Å². The average Bonchev–Trinajstić information content (AvgIpc) is 1.79. The molecule has 0 radical (unpaired) electrons. The highest BCUT2D eigenvalue weighted by molar-refractivity contribution is 6.90. The Labute approximate surface area is 502 Å². The maximum atomic E-state index is 15.9. The topological polar surface area (TPSA) is 6.48 Å². The van der Waals surface area contributed by atoms with Crippen LogP contribution in [0.3, 0.4) is 0 Å². The third-order valence-electron chi connectivity index (χ3n) is 17.4. The molecule has 12 rings (SSSR count). The fourth-order valence-corrected chi connectivity index (χ4v) is 17.2. The quantitative estimate of drug-likeness (QED) is 0.100. The molecule has 84 heavy (non-hydrogen) atoms. The molecule has 2 unspecified atom stereocenters. The molecular weight excluding hydrogens is 1090 g/mol. The summed E-state index contributed by atoms with van der Waals surface area (Å²) in [5, 5.41) is 5.65. The van der Waals surface area contributed by atoms with Crippen LogP contribution in [0.15, 0.2) is 264 Å². The van der Waals surface area contributed by atoms with E-state index in [9.17, 15) is 0 Å². The summed E-state index contributed by atoms with van der Waals surface area (Å²) in [5.41, 5.74) is 19.2. The van der Waals surface area contributed by atoms with Crippen molar-refractivity contribution in [2.24, 2.45) is 5.92 Å². The minimum Gasteiger partial charge on any atom is -0.330 e. The summed E-state index contributed by atoms with van der Waals surface area (Å²) in [4.78, 5) is 4.64. The van der Waals surface area contributed by atoms with Crippen LogP contribution in [0.4, 0.5) is 31.5 Å². The molecule has 8 aromatic rings. The minimum absolute atomic E-state index is 0.137. The molecule has 0 amide bonds. The van der Waals surface area contributed by atoms with Crippen molar-refractivity contribution in [3.63, 3.8) is 0 Å². The van der Waals surface area contributed by atoms with E-state index < -0.39 is 32.3 Å². The second-order valence-corrected chi connectivity index (χ2v) is 47.6. The van der Waals surface area contributed by atoms with Gasteiger partial charge in [0.2, 0.25) is 0 Å². The molecule has 0 aromatic heterocycles. The third-order valence-corrected chi connectivity index (χ3v) is 25.7. The van der Waals surface area contributed by atoms with Gasteiger partial charge in [0.1, 0.15) is 11.6 Å². The van der Waals surface area contributed by atoms with E-state index in [0.717, 1.165) is 89.7 Å². The van der Waals surface area contributed by atoms with Gasteiger partial charge >= 0.3 is 0 Å². The zero-order chi connectivity index (χ0) is 59.0. The number of rotatable bonds is 14. The van der Waals surface area contributed by atoms with Gasteiger partial charge in [0.05, 0.1) is 49.7 Å². The molecule has 0 N–H and O–H groups in total. The Morgan fingerprint density at radius 2 is 0.821 bits per heavy atom. The van der Waals surface area contributed by atoms with Gasteiger partial charge < -0.3 is 9.80 Å². The predicted octanol–water partition coefficient (Wildman–Crippen LogP) is 18.9. The van der Waals surface area contributed by atoms with Crippen LogP contribution in [0.5, 0.6) is 0 Å². The van der Waals surface area contributed by atoms with E-state index in [1.807, 2.05) is 24.3 Å². The number of hydrogen-bond donors (Lipinski definition) is 0. The van der Waals surface area contributed by atoms with Gasteiger partial charge in [0.15, 0.2) is 0 Å². The summed E-state index contributed by atoms with van der Waals surface area (Å²) < 4.78 is 31.9. The highest BCUT2D eigenvalue weighted by Crippen LogP contribution is 2.53. The van der Waals surface area contributed by atoms with Crippen LogP contribution in [0.25, 0.3) is 44.5 Å². The second kappa shape index (κ2) is 21.7. The van der Waals surface area contributed by atoms with Gasteiger partial charge in [-0.15, -0.1) is 0 Å². The van der Waals surface area contributed by atoms with Gasteiger partial charge in [-0.1, -0.05) is 263 Å². The van der Waals surface area contributed by atoms with Crippen LogP contribution < -0.4 is 30.5 Å². The van der Waals surface area contributed by atoms with E-state index >= 15 is 8.78 Å². The van der Waals surface area contributed by atoms with Crippen LogP contribution in [0.1, 0.15) is 0 Å². The predicted molar refractivity (Wildman–Crippen MR) is 369 cm³/mol. The second-order valence-electron chi connectivity index (χ2n) is 27.3. The lowest BCUT2D eigenvalue weighted by atomic mass is 9.67. The van der Waals surface area contributed by atoms with Gasteiger partial charge in [0.25, 0.3) is 0 Å². The molecule has 0 fully saturated rings. The lowest BCUT2D eigenvalue weighted by Gasteiger charge is -2.44. The highest BCUT2D eigenvalue weighted by Gasteiger charge is 2.41. The van der Waals surface area contributed by atoms with Crippen molar-refractivity contribution in [1.82, 2.24) is 0 Å². The normalized spacial score (nSPS) is 16.6. The molecule has 2 atom stereocenters. The van der Waals surface area contributed by atoms with Crippen molar-refractivity contribution in [1.29, 1.82) is 0 Å². The van der Waals surface area contributed by atoms with Crippen molar-refractivity contribution >= 4 is 75.8 Å². The van der Waals surface area contributed by atoms with Gasteiger partial charge in [0, 0.05) is 34.1 Å². The summed E-state index contributed by atoms with van der Waals surface area (Å²) in [6.07, 6.45) is 18.2. The number of allylic oxidation sites excluding steroid dienone is 10. The van der Waals surface area contributed by atoms with E-state index in [1.165, 1.54) is 44.0 Å². The number of nitrogens with zero attached hydrogens (tertiary/aromatic N) is 2. The van der Waals surface area contributed by atoms with Crippen molar-refractivity contribution < 1.29 is 8.78 Å². The molecule has 0 bridgehead atoms. The molecule has 8 aromatic carbocycles. The Hall–Kier alpha value is -7.73. The van der Waals surface area contributed by atoms with E-state index in [2.05, 4.69) is 270 Å². The zero-order valence-electron chi connectivity index (χ0n) is 50.7. The summed E-state index contributed by atoms with van der Waals surface area (Å²) in [5.74, 6) is -0.726. The van der Waals surface area contributed by atoms with E-state index in [4.69, 9.17) is 0 Å². The zero-order valence-corrected chi connectivity index (χ0v) is 54.7. The lowest BCUT2D eigenvalue weighted by molar-refractivity contribution is 0.627. The van der Waals surface area contributed by atoms with Gasteiger partial charge in [-0.2, -0.15) is 0 Å². The average molecular weight is 1170 g/mol. The maximum Gasteiger partial charge on any atom is 0.125 e. The molecule has 0 aliphatic heterocycles. The molecule has 4 aliphatic rings. The summed E-state index contributed by atoms with van der Waals surface area (Å²) in [6, 6.07) is 64.2. The molecular formula is C76H76F2N2Si4. The molecule has 0 saturated carbocycles. The monoisotopic (exact) mass is 1170 g/mol. The van der Waals surface area contributed by atoms with Crippen LogP contribution in [0, 0.1) is 17.6 Å². The smallest absolute Gasteiger partial charge is 0.125 e. The van der Waals surface area contributed by atoms with Gasteiger partial charge in [-0.05, 0) is 128 Å². The van der Waals surface area contributed by atoms with Crippen LogP contribution in [0.2, 0.25) is 78.6 Å². The largest absolute Gasteiger partial charge is 0.330 e. The first kappa shape index (κ1) is 56.7. The van der Waals surface area contributed by atoms with Crippen LogP contribution in [-0.2, 0) is 0 Å². The fourth-order valence-electron chi connectivity index (χ4n) is 12.5. The number of hydrogen-bond acceptors (Lipinski definition) is 2. The maximum absolute atomic E-state index is 15.9. The first-order chi connectivity index (χ1) is 40.0. The summed E-state index contributed by atoms with van der Waals surface area (Å²) >= 11 is 0. The number of benzene rings is 8. The van der Waals surface area contributed by atoms with Crippen molar-refractivity contribution in [3.8, 4) is 44.5 Å². The molecule has 2 nitrogen and oxygen atoms in total. The van der Waals surface area contributed by atoms with Crippen molar-refractivity contribution in [3.05, 3.63) is 276 Å². The van der Waals surface area contributed by atoms with Crippen LogP contribution in [-0.4, -0.2) is 38.3 Å². The van der Waals surface area contributed by atoms with E-state index in [-0.39, 0.29) is 23.6 Å². The molecule has 0 saturated heterocycles. The molecule has 8 heteroatoms. The number of halogens is 2. The van der Waals surface area contributed by atoms with E-state index in [0.29, 0.717) is 0 Å². The van der Waals surface area contributed by atoms with Crippen molar-refractivity contribution in [2.75, 3.05) is 9.80 Å². The number of anilines is 4. The molecule has 0 spiro atoms. The third kappa shape index (κ3) is 11.0. The summed E-state index contributed by atoms with van der Waals surface area (Å²) in [7, 11) is -6.27. The molecule has 4 aliphatic carbocycles. The molecule has 420 valence electrons. The van der Waals surface area contributed by atoms with E-state index in [1.54, 1.807) is 12.1 Å². The van der Waals surface area contributed by atoms with Crippen molar-refractivity contribution in [2.45, 2.75) is 84.6 Å². The Balaban J connectivity index is 1.01.